The van der Waals surface area contributed by atoms with E-state index < -0.39 is 5.97 Å². The molecule has 0 aliphatic heterocycles. The lowest BCUT2D eigenvalue weighted by molar-refractivity contribution is -0.133. The number of carboxylic acid groups (broad SMARTS) is 1. The summed E-state index contributed by atoms with van der Waals surface area (Å²) in [5, 5.41) is 10.2. The molecule has 1 aromatic carbocycles. The number of aliphatic carboxylic acids is 1. The van der Waals surface area contributed by atoms with E-state index in [0.717, 1.165) is 35.6 Å². The number of aryl methyl sites for hydroxylation is 1. The highest BCUT2D eigenvalue weighted by Gasteiger charge is 2.32. The lowest BCUT2D eigenvalue weighted by Crippen LogP contribution is -2.27. The Labute approximate surface area is 169 Å². The van der Waals surface area contributed by atoms with Gasteiger partial charge in [-0.15, -0.1) is 0 Å². The number of carboxylic acids is 1. The zero-order valence-corrected chi connectivity index (χ0v) is 17.3. The van der Waals surface area contributed by atoms with Gasteiger partial charge in [-0.1, -0.05) is 42.7 Å². The SMILES string of the molecule is CC=C(C(=O)O)[C@H]1CC[C@H]([C@H]2CC[C@H](CCc3ccc(Cl)cc3)CC2)CC1. The molecule has 2 aliphatic carbocycles. The Morgan fingerprint density at radius 2 is 1.56 bits per heavy atom. The quantitative estimate of drug-likeness (QED) is 0.537. The van der Waals surface area contributed by atoms with Crippen molar-refractivity contribution in [1.82, 2.24) is 0 Å². The molecule has 0 amide bonds. The van der Waals surface area contributed by atoms with Crippen molar-refractivity contribution in [2.24, 2.45) is 23.7 Å². The fourth-order valence-electron chi connectivity index (χ4n) is 5.41. The van der Waals surface area contributed by atoms with Crippen LogP contribution in [0.2, 0.25) is 5.02 Å². The van der Waals surface area contributed by atoms with E-state index in [1.807, 2.05) is 19.1 Å². The van der Waals surface area contributed by atoms with E-state index in [9.17, 15) is 9.90 Å². The van der Waals surface area contributed by atoms with E-state index in [-0.39, 0.29) is 5.92 Å². The van der Waals surface area contributed by atoms with Crippen LogP contribution in [0.15, 0.2) is 35.9 Å². The molecule has 0 unspecified atom stereocenters. The Morgan fingerprint density at radius 3 is 2.07 bits per heavy atom. The number of hydrogen-bond donors (Lipinski definition) is 1. The van der Waals surface area contributed by atoms with Crippen LogP contribution >= 0.6 is 11.6 Å². The van der Waals surface area contributed by atoms with Crippen LogP contribution in [0.1, 0.15) is 70.3 Å². The van der Waals surface area contributed by atoms with Gasteiger partial charge in [-0.2, -0.15) is 0 Å². The summed E-state index contributed by atoms with van der Waals surface area (Å²) in [6.07, 6.45) is 14.3. The van der Waals surface area contributed by atoms with Crippen molar-refractivity contribution in [3.63, 3.8) is 0 Å². The minimum atomic E-state index is -0.720. The van der Waals surface area contributed by atoms with Gasteiger partial charge in [0.2, 0.25) is 0 Å². The molecule has 0 radical (unpaired) electrons. The van der Waals surface area contributed by atoms with Gasteiger partial charge in [0.25, 0.3) is 0 Å². The minimum Gasteiger partial charge on any atom is -0.478 e. The average Bonchev–Trinajstić information content (AvgIpc) is 2.69. The molecule has 2 nitrogen and oxygen atoms in total. The van der Waals surface area contributed by atoms with Gasteiger partial charge >= 0.3 is 5.97 Å². The Kier molecular flexibility index (Phi) is 7.41. The minimum absolute atomic E-state index is 0.277. The zero-order valence-electron chi connectivity index (χ0n) is 16.5. The van der Waals surface area contributed by atoms with Crippen molar-refractivity contribution in [2.75, 3.05) is 0 Å². The molecule has 0 heterocycles. The molecule has 0 atom stereocenters. The predicted molar refractivity (Wildman–Crippen MR) is 112 cm³/mol. The molecule has 0 spiro atoms. The van der Waals surface area contributed by atoms with Crippen molar-refractivity contribution in [2.45, 2.75) is 71.1 Å². The fourth-order valence-corrected chi connectivity index (χ4v) is 5.53. The number of allylic oxidation sites excluding steroid dienone is 1. The molecule has 2 fully saturated rings. The number of benzene rings is 1. The van der Waals surface area contributed by atoms with Gasteiger partial charge in [0.15, 0.2) is 0 Å². The molecule has 27 heavy (non-hydrogen) atoms. The lowest BCUT2D eigenvalue weighted by atomic mass is 9.67. The van der Waals surface area contributed by atoms with Crippen LogP contribution in [0.25, 0.3) is 0 Å². The van der Waals surface area contributed by atoms with Crippen LogP contribution in [0.5, 0.6) is 0 Å². The van der Waals surface area contributed by atoms with E-state index >= 15 is 0 Å². The topological polar surface area (TPSA) is 37.3 Å². The Hall–Kier alpha value is -1.28. The summed E-state index contributed by atoms with van der Waals surface area (Å²) in [4.78, 5) is 11.4. The van der Waals surface area contributed by atoms with Crippen molar-refractivity contribution in [1.29, 1.82) is 0 Å². The fraction of sp³-hybridized carbons (Fsp3) is 0.625. The third kappa shape index (κ3) is 5.60. The molecule has 0 aromatic heterocycles. The first kappa shape index (κ1) is 20.5. The Balaban J connectivity index is 1.39. The Bertz CT molecular complexity index is 633. The second-order valence-corrected chi connectivity index (χ2v) is 9.04. The van der Waals surface area contributed by atoms with Gasteiger partial charge in [-0.25, -0.2) is 4.79 Å². The van der Waals surface area contributed by atoms with Crippen molar-refractivity contribution in [3.05, 3.63) is 46.5 Å². The summed E-state index contributed by atoms with van der Waals surface area (Å²) >= 11 is 5.97. The third-order valence-corrected chi connectivity index (χ3v) is 7.33. The summed E-state index contributed by atoms with van der Waals surface area (Å²) in [5.41, 5.74) is 2.04. The Morgan fingerprint density at radius 1 is 1.00 bits per heavy atom. The van der Waals surface area contributed by atoms with Crippen LogP contribution in [0.3, 0.4) is 0 Å². The number of carbonyl (C=O) groups is 1. The zero-order chi connectivity index (χ0) is 19.2. The average molecular weight is 389 g/mol. The third-order valence-electron chi connectivity index (χ3n) is 7.08. The molecule has 3 heteroatoms. The van der Waals surface area contributed by atoms with Gasteiger partial charge in [-0.3, -0.25) is 0 Å². The second kappa shape index (κ2) is 9.78. The van der Waals surface area contributed by atoms with Gasteiger partial charge < -0.3 is 5.11 Å². The molecule has 0 saturated heterocycles. The van der Waals surface area contributed by atoms with E-state index in [2.05, 4.69) is 12.1 Å². The highest BCUT2D eigenvalue weighted by molar-refractivity contribution is 6.30. The van der Waals surface area contributed by atoms with Gasteiger partial charge in [0.1, 0.15) is 0 Å². The molecule has 0 bridgehead atoms. The van der Waals surface area contributed by atoms with E-state index in [1.165, 1.54) is 56.9 Å². The molecule has 2 saturated carbocycles. The second-order valence-electron chi connectivity index (χ2n) is 8.61. The molecule has 3 rings (SSSR count). The van der Waals surface area contributed by atoms with Gasteiger partial charge in [0.05, 0.1) is 0 Å². The highest BCUT2D eigenvalue weighted by Crippen LogP contribution is 2.43. The largest absolute Gasteiger partial charge is 0.478 e. The van der Waals surface area contributed by atoms with Crippen molar-refractivity contribution in [3.8, 4) is 0 Å². The maximum atomic E-state index is 11.4. The first-order valence-corrected chi connectivity index (χ1v) is 11.1. The summed E-state index contributed by atoms with van der Waals surface area (Å²) in [6, 6.07) is 8.30. The maximum absolute atomic E-state index is 11.4. The molecule has 2 aliphatic rings. The van der Waals surface area contributed by atoms with Crippen LogP contribution in [-0.2, 0) is 11.2 Å². The van der Waals surface area contributed by atoms with E-state index in [0.29, 0.717) is 5.57 Å². The first-order valence-electron chi connectivity index (χ1n) is 10.7. The maximum Gasteiger partial charge on any atom is 0.331 e. The summed E-state index contributed by atoms with van der Waals surface area (Å²) in [5.74, 6) is 2.12. The van der Waals surface area contributed by atoms with Crippen molar-refractivity contribution < 1.29 is 9.90 Å². The van der Waals surface area contributed by atoms with Gasteiger partial charge in [-0.05, 0) is 99.7 Å². The molecule has 148 valence electrons. The normalized spacial score (nSPS) is 29.5. The lowest BCUT2D eigenvalue weighted by Gasteiger charge is -2.38. The van der Waals surface area contributed by atoms with E-state index in [4.69, 9.17) is 11.6 Å². The van der Waals surface area contributed by atoms with Crippen LogP contribution in [0.4, 0.5) is 0 Å². The molecular weight excluding hydrogens is 356 g/mol. The summed E-state index contributed by atoms with van der Waals surface area (Å²) < 4.78 is 0. The first-order chi connectivity index (χ1) is 13.1. The smallest absolute Gasteiger partial charge is 0.331 e. The van der Waals surface area contributed by atoms with E-state index in [1.54, 1.807) is 6.08 Å². The molecule has 1 aromatic rings. The standard InChI is InChI=1S/C24H33ClO2/c1-2-23(24(26)27)21-13-11-20(12-14-21)19-9-5-17(6-10-19)3-4-18-7-15-22(25)16-8-18/h2,7-8,15-17,19-21H,3-6,9-14H2,1H3,(H,26,27)/t17-,19-,20-,21-. The van der Waals surface area contributed by atoms with Crippen LogP contribution in [-0.4, -0.2) is 11.1 Å². The number of halogens is 1. The number of rotatable bonds is 6. The molecular formula is C24H33ClO2. The van der Waals surface area contributed by atoms with Crippen molar-refractivity contribution >= 4 is 17.6 Å². The predicted octanol–water partition coefficient (Wildman–Crippen LogP) is 6.92. The molecule has 1 N–H and O–H groups in total. The number of hydrogen-bond acceptors (Lipinski definition) is 1. The summed E-state index contributed by atoms with van der Waals surface area (Å²) in [6.45, 7) is 1.86. The van der Waals surface area contributed by atoms with Gasteiger partial charge in [0, 0.05) is 10.6 Å². The highest BCUT2D eigenvalue weighted by atomic mass is 35.5. The van der Waals surface area contributed by atoms with Crippen LogP contribution in [0, 0.1) is 23.7 Å². The summed E-state index contributed by atoms with van der Waals surface area (Å²) in [7, 11) is 0. The van der Waals surface area contributed by atoms with Crippen LogP contribution < -0.4 is 0 Å². The monoisotopic (exact) mass is 388 g/mol.